The Morgan fingerprint density at radius 1 is 1.32 bits per heavy atom. The molecular formula is C17H21FN4O3. The fourth-order valence-corrected chi connectivity index (χ4v) is 2.88. The van der Waals surface area contributed by atoms with E-state index in [0.717, 1.165) is 5.56 Å². The van der Waals surface area contributed by atoms with Crippen LogP contribution in [-0.2, 0) is 4.74 Å². The third kappa shape index (κ3) is 3.63. The lowest BCUT2D eigenvalue weighted by Crippen LogP contribution is -2.49. The minimum Gasteiger partial charge on any atom is -0.453 e. The van der Waals surface area contributed by atoms with Crippen molar-refractivity contribution in [3.05, 3.63) is 35.5 Å². The predicted molar refractivity (Wildman–Crippen MR) is 88.4 cm³/mol. The Balaban J connectivity index is 1.68. The average molecular weight is 348 g/mol. The van der Waals surface area contributed by atoms with E-state index in [2.05, 4.69) is 15.0 Å². The predicted octanol–water partition coefficient (Wildman–Crippen LogP) is 2.63. The molecule has 0 radical (unpaired) electrons. The van der Waals surface area contributed by atoms with Gasteiger partial charge in [0.25, 0.3) is 0 Å². The van der Waals surface area contributed by atoms with Crippen molar-refractivity contribution in [3.8, 4) is 11.4 Å². The van der Waals surface area contributed by atoms with Crippen LogP contribution in [0.5, 0.6) is 0 Å². The molecule has 0 saturated carbocycles. The van der Waals surface area contributed by atoms with Crippen molar-refractivity contribution in [2.24, 2.45) is 0 Å². The van der Waals surface area contributed by atoms with Crippen molar-refractivity contribution >= 4 is 6.09 Å². The summed E-state index contributed by atoms with van der Waals surface area (Å²) in [6.07, 6.45) is -0.306. The first-order chi connectivity index (χ1) is 12.0. The van der Waals surface area contributed by atoms with E-state index in [1.165, 1.54) is 13.2 Å². The van der Waals surface area contributed by atoms with Crippen LogP contribution in [0.3, 0.4) is 0 Å². The molecule has 3 rings (SSSR count). The van der Waals surface area contributed by atoms with Gasteiger partial charge in [-0.2, -0.15) is 4.98 Å². The van der Waals surface area contributed by atoms with Crippen LogP contribution in [0, 0.1) is 12.7 Å². The summed E-state index contributed by atoms with van der Waals surface area (Å²) in [4.78, 5) is 19.8. The molecule has 25 heavy (non-hydrogen) atoms. The van der Waals surface area contributed by atoms with Gasteiger partial charge < -0.3 is 14.2 Å². The van der Waals surface area contributed by atoms with Crippen LogP contribution in [0.2, 0.25) is 0 Å². The molecule has 7 nitrogen and oxygen atoms in total. The smallest absolute Gasteiger partial charge is 0.409 e. The molecule has 8 heteroatoms. The topological polar surface area (TPSA) is 71.7 Å². The molecule has 1 saturated heterocycles. The van der Waals surface area contributed by atoms with Crippen LogP contribution < -0.4 is 0 Å². The van der Waals surface area contributed by atoms with E-state index in [1.807, 2.05) is 6.92 Å². The molecule has 2 aromatic rings. The number of hydrogen-bond acceptors (Lipinski definition) is 6. The van der Waals surface area contributed by atoms with Crippen molar-refractivity contribution in [2.45, 2.75) is 19.9 Å². The lowest BCUT2D eigenvalue weighted by molar-refractivity contribution is 0.0708. The maximum atomic E-state index is 13.4. The van der Waals surface area contributed by atoms with Crippen LogP contribution in [-0.4, -0.2) is 59.3 Å². The van der Waals surface area contributed by atoms with E-state index in [4.69, 9.17) is 9.26 Å². The number of ether oxygens (including phenoxy) is 1. The second-order valence-corrected chi connectivity index (χ2v) is 6.09. The number of aromatic nitrogens is 2. The molecule has 0 spiro atoms. The Morgan fingerprint density at radius 3 is 2.68 bits per heavy atom. The van der Waals surface area contributed by atoms with Gasteiger partial charge in [0, 0.05) is 31.7 Å². The van der Waals surface area contributed by atoms with Crippen molar-refractivity contribution < 1.29 is 18.4 Å². The van der Waals surface area contributed by atoms with Gasteiger partial charge >= 0.3 is 6.09 Å². The van der Waals surface area contributed by atoms with Crippen molar-refractivity contribution in [2.75, 3.05) is 33.3 Å². The van der Waals surface area contributed by atoms with E-state index in [1.54, 1.807) is 24.0 Å². The van der Waals surface area contributed by atoms with Gasteiger partial charge in [-0.05, 0) is 37.6 Å². The molecule has 0 N–H and O–H groups in total. The first-order valence-corrected chi connectivity index (χ1v) is 8.16. The van der Waals surface area contributed by atoms with Crippen molar-refractivity contribution in [1.82, 2.24) is 19.9 Å². The third-order valence-electron chi connectivity index (χ3n) is 4.51. The van der Waals surface area contributed by atoms with Gasteiger partial charge in [0.2, 0.25) is 11.7 Å². The molecule has 1 aromatic heterocycles. The Labute approximate surface area is 145 Å². The molecule has 0 bridgehead atoms. The molecule has 1 atom stereocenters. The number of carbonyl (C=O) groups is 1. The van der Waals surface area contributed by atoms with E-state index >= 15 is 0 Å². The number of halogens is 1. The number of rotatable bonds is 3. The summed E-state index contributed by atoms with van der Waals surface area (Å²) < 4.78 is 23.5. The summed E-state index contributed by atoms with van der Waals surface area (Å²) in [5.74, 6) is 0.686. The van der Waals surface area contributed by atoms with Crippen LogP contribution in [0.25, 0.3) is 11.4 Å². The number of nitrogens with zero attached hydrogens (tertiary/aromatic N) is 4. The normalized spacial score (nSPS) is 16.7. The monoisotopic (exact) mass is 348 g/mol. The number of hydrogen-bond donors (Lipinski definition) is 0. The van der Waals surface area contributed by atoms with E-state index in [0.29, 0.717) is 43.5 Å². The highest BCUT2D eigenvalue weighted by atomic mass is 19.1. The minimum atomic E-state index is -0.306. The fraction of sp³-hybridized carbons (Fsp3) is 0.471. The molecule has 1 aromatic carbocycles. The summed E-state index contributed by atoms with van der Waals surface area (Å²) in [6, 6.07) is 4.67. The number of methoxy groups -OCH3 is 1. The van der Waals surface area contributed by atoms with Crippen molar-refractivity contribution in [1.29, 1.82) is 0 Å². The van der Waals surface area contributed by atoms with Gasteiger partial charge in [-0.3, -0.25) is 4.90 Å². The van der Waals surface area contributed by atoms with Gasteiger partial charge in [-0.15, -0.1) is 0 Å². The zero-order valence-electron chi connectivity index (χ0n) is 14.5. The van der Waals surface area contributed by atoms with Crippen LogP contribution >= 0.6 is 0 Å². The van der Waals surface area contributed by atoms with Crippen molar-refractivity contribution in [3.63, 3.8) is 0 Å². The SMILES string of the molecule is COC(=O)N1CCN(C(C)c2nc(-c3ccc(F)c(C)c3)no2)CC1. The number of carbonyl (C=O) groups excluding carboxylic acids is 1. The number of benzene rings is 1. The molecule has 1 amide bonds. The zero-order valence-corrected chi connectivity index (χ0v) is 14.5. The number of aryl methyl sites for hydroxylation is 1. The van der Waals surface area contributed by atoms with Crippen LogP contribution in [0.15, 0.2) is 22.7 Å². The summed E-state index contributed by atoms with van der Waals surface area (Å²) >= 11 is 0. The van der Waals surface area contributed by atoms with Gasteiger partial charge in [-0.25, -0.2) is 9.18 Å². The Kier molecular flexibility index (Phi) is 4.98. The Hall–Kier alpha value is -2.48. The zero-order chi connectivity index (χ0) is 18.0. The maximum Gasteiger partial charge on any atom is 0.409 e. The largest absolute Gasteiger partial charge is 0.453 e. The molecule has 0 aliphatic carbocycles. The third-order valence-corrected chi connectivity index (χ3v) is 4.51. The minimum absolute atomic E-state index is 0.0670. The van der Waals surface area contributed by atoms with Crippen LogP contribution in [0.4, 0.5) is 9.18 Å². The Bertz CT molecular complexity index is 756. The quantitative estimate of drug-likeness (QED) is 0.849. The molecular weight excluding hydrogens is 327 g/mol. The van der Waals surface area contributed by atoms with Crippen LogP contribution in [0.1, 0.15) is 24.4 Å². The molecule has 1 aliphatic heterocycles. The maximum absolute atomic E-state index is 13.4. The van der Waals surface area contributed by atoms with Gasteiger partial charge in [0.15, 0.2) is 0 Å². The fourth-order valence-electron chi connectivity index (χ4n) is 2.88. The molecule has 1 unspecified atom stereocenters. The highest BCUT2D eigenvalue weighted by molar-refractivity contribution is 5.67. The van der Waals surface area contributed by atoms with Gasteiger partial charge in [0.1, 0.15) is 5.82 Å². The molecule has 134 valence electrons. The average Bonchev–Trinajstić information content (AvgIpc) is 3.13. The summed E-state index contributed by atoms with van der Waals surface area (Å²) in [6.45, 7) is 6.27. The number of piperazine rings is 1. The molecule has 2 heterocycles. The highest BCUT2D eigenvalue weighted by Crippen LogP contribution is 2.24. The van der Waals surface area contributed by atoms with E-state index in [9.17, 15) is 9.18 Å². The van der Waals surface area contributed by atoms with Gasteiger partial charge in [-0.1, -0.05) is 5.16 Å². The standard InChI is InChI=1S/C17H21FN4O3/c1-11-10-13(4-5-14(11)18)15-19-16(25-20-15)12(2)21-6-8-22(9-7-21)17(23)24-3/h4-5,10,12H,6-9H2,1-3H3. The van der Waals surface area contributed by atoms with E-state index in [-0.39, 0.29) is 18.0 Å². The first kappa shape index (κ1) is 17.3. The summed E-state index contributed by atoms with van der Waals surface area (Å²) in [7, 11) is 1.38. The highest BCUT2D eigenvalue weighted by Gasteiger charge is 2.28. The summed E-state index contributed by atoms with van der Waals surface area (Å²) in [5, 5.41) is 4.01. The lowest BCUT2D eigenvalue weighted by Gasteiger charge is -2.35. The molecule has 1 fully saturated rings. The van der Waals surface area contributed by atoms with E-state index < -0.39 is 0 Å². The number of amides is 1. The lowest BCUT2D eigenvalue weighted by atomic mass is 10.1. The second kappa shape index (κ2) is 7.18. The summed E-state index contributed by atoms with van der Waals surface area (Å²) in [5.41, 5.74) is 1.26. The second-order valence-electron chi connectivity index (χ2n) is 6.09. The van der Waals surface area contributed by atoms with Gasteiger partial charge in [0.05, 0.1) is 13.2 Å². The Morgan fingerprint density at radius 2 is 2.04 bits per heavy atom. The molecule has 1 aliphatic rings. The first-order valence-electron chi connectivity index (χ1n) is 8.16.